The van der Waals surface area contributed by atoms with E-state index >= 15 is 0 Å². The third kappa shape index (κ3) is 6.82. The van der Waals surface area contributed by atoms with Crippen LogP contribution in [0.15, 0.2) is 54.6 Å². The van der Waals surface area contributed by atoms with Crippen LogP contribution < -0.4 is 4.90 Å². The highest BCUT2D eigenvalue weighted by Gasteiger charge is 2.50. The Morgan fingerprint density at radius 2 is 1.84 bits per heavy atom. The Morgan fingerprint density at radius 1 is 1.11 bits per heavy atom. The number of ether oxygens (including phenoxy) is 2. The van der Waals surface area contributed by atoms with E-state index in [1.165, 1.54) is 0 Å². The van der Waals surface area contributed by atoms with Crippen LogP contribution in [0.4, 0.5) is 10.5 Å². The maximum absolute atomic E-state index is 13.4. The van der Waals surface area contributed by atoms with E-state index in [9.17, 15) is 19.5 Å². The predicted molar refractivity (Wildman–Crippen MR) is 148 cm³/mol. The number of aryl methyl sites for hydroxylation is 1. The molecule has 0 spiro atoms. The number of cyclic esters (lactones) is 1. The lowest BCUT2D eigenvalue weighted by Gasteiger charge is -2.31. The quantitative estimate of drug-likeness (QED) is 0.419. The van der Waals surface area contributed by atoms with Gasteiger partial charge in [0.2, 0.25) is 5.91 Å². The summed E-state index contributed by atoms with van der Waals surface area (Å²) in [6.07, 6.45) is 0.932. The molecule has 4 atom stereocenters. The molecule has 2 fully saturated rings. The molecule has 2 saturated heterocycles. The van der Waals surface area contributed by atoms with Crippen LogP contribution >= 0.6 is 0 Å². The Kier molecular flexibility index (Phi) is 9.25. The largest absolute Gasteiger partial charge is 0.447 e. The molecule has 8 nitrogen and oxygen atoms in total. The molecule has 2 aliphatic rings. The smallest absolute Gasteiger partial charge is 0.414 e. The predicted octanol–water partition coefficient (Wildman–Crippen LogP) is 3.96. The molecule has 38 heavy (non-hydrogen) atoms. The Hall–Kier alpha value is -2.72. The fraction of sp³-hybridized carbons (Fsp3) is 0.517. The molecule has 206 valence electrons. The van der Waals surface area contributed by atoms with Gasteiger partial charge in [0.25, 0.3) is 0 Å². The summed E-state index contributed by atoms with van der Waals surface area (Å²) in [6.45, 7) is 7.49. The van der Waals surface area contributed by atoms with Crippen molar-refractivity contribution in [2.24, 2.45) is 5.92 Å². The molecule has 2 amide bonds. The number of hydrogen-bond donors (Lipinski definition) is 2. The minimum atomic E-state index is -2.63. The van der Waals surface area contributed by atoms with Crippen LogP contribution in [0.5, 0.6) is 0 Å². The number of carbonyl (C=O) groups is 2. The van der Waals surface area contributed by atoms with Gasteiger partial charge in [-0.05, 0) is 55.1 Å². The van der Waals surface area contributed by atoms with E-state index in [1.54, 1.807) is 9.80 Å². The summed E-state index contributed by atoms with van der Waals surface area (Å²) in [5.74, 6) is 0.0332. The van der Waals surface area contributed by atoms with E-state index < -0.39 is 8.32 Å². The van der Waals surface area contributed by atoms with Crippen molar-refractivity contribution in [2.75, 3.05) is 31.2 Å². The first-order valence-electron chi connectivity index (χ1n) is 13.5. The van der Waals surface area contributed by atoms with Gasteiger partial charge in [-0.25, -0.2) is 4.79 Å². The summed E-state index contributed by atoms with van der Waals surface area (Å²) in [5.41, 5.74) is 2.87. The first-order valence-corrected chi connectivity index (χ1v) is 16.5. The van der Waals surface area contributed by atoms with Gasteiger partial charge in [0.05, 0.1) is 31.8 Å². The lowest BCUT2D eigenvalue weighted by atomic mass is 9.95. The minimum absolute atomic E-state index is 0.0742. The Bertz CT molecular complexity index is 1090. The first kappa shape index (κ1) is 28.3. The van der Waals surface area contributed by atoms with Crippen molar-refractivity contribution in [2.45, 2.75) is 63.6 Å². The number of hydrogen-bond acceptors (Lipinski definition) is 6. The van der Waals surface area contributed by atoms with Crippen molar-refractivity contribution in [3.05, 3.63) is 65.7 Å². The van der Waals surface area contributed by atoms with Gasteiger partial charge >= 0.3 is 6.09 Å². The molecular weight excluding hydrogens is 500 g/mol. The maximum atomic E-state index is 13.4. The van der Waals surface area contributed by atoms with Crippen molar-refractivity contribution in [1.29, 1.82) is 0 Å². The number of nitrogens with zero attached hydrogens (tertiary/aromatic N) is 2. The monoisotopic (exact) mass is 540 g/mol. The molecular formula is C29H40N2O6Si. The van der Waals surface area contributed by atoms with Crippen LogP contribution in [0, 0.1) is 5.92 Å². The number of benzene rings is 2. The SMILES string of the molecule is C[C@@H]1[C@@H]([Si](C)(C)O)[C@H](CC(=O)N(CCO)Cc2ccccc2)O[C@@H]1CCc1cccc(N2CCOC2=O)c1. The van der Waals surface area contributed by atoms with Gasteiger partial charge in [-0.2, -0.15) is 0 Å². The number of anilines is 1. The zero-order valence-electron chi connectivity index (χ0n) is 22.6. The summed E-state index contributed by atoms with van der Waals surface area (Å²) in [5, 5.41) is 9.58. The molecule has 0 radical (unpaired) electrons. The molecule has 0 aromatic heterocycles. The van der Waals surface area contributed by atoms with Crippen molar-refractivity contribution in [3.63, 3.8) is 0 Å². The number of amides is 2. The second-order valence-corrected chi connectivity index (χ2v) is 14.9. The molecule has 4 rings (SSSR count). The Balaban J connectivity index is 1.42. The second-order valence-electron chi connectivity index (χ2n) is 11.0. The average Bonchev–Trinajstić information content (AvgIpc) is 3.45. The Morgan fingerprint density at radius 3 is 2.50 bits per heavy atom. The van der Waals surface area contributed by atoms with Crippen molar-refractivity contribution >= 4 is 26.0 Å². The maximum Gasteiger partial charge on any atom is 0.414 e. The summed E-state index contributed by atoms with van der Waals surface area (Å²) in [6, 6.07) is 17.7. The minimum Gasteiger partial charge on any atom is -0.447 e. The summed E-state index contributed by atoms with van der Waals surface area (Å²) >= 11 is 0. The highest BCUT2D eigenvalue weighted by atomic mass is 28.4. The molecule has 0 unspecified atom stereocenters. The van der Waals surface area contributed by atoms with Gasteiger partial charge in [0, 0.05) is 24.3 Å². The van der Waals surface area contributed by atoms with Crippen LogP contribution in [-0.4, -0.2) is 73.6 Å². The van der Waals surface area contributed by atoms with Gasteiger partial charge in [-0.1, -0.05) is 49.4 Å². The number of aliphatic hydroxyl groups is 1. The van der Waals surface area contributed by atoms with Gasteiger partial charge < -0.3 is 24.3 Å². The zero-order valence-corrected chi connectivity index (χ0v) is 23.6. The van der Waals surface area contributed by atoms with Crippen LogP contribution in [0.3, 0.4) is 0 Å². The number of aliphatic hydroxyl groups excluding tert-OH is 1. The number of rotatable bonds is 11. The van der Waals surface area contributed by atoms with Crippen LogP contribution in [0.2, 0.25) is 18.6 Å². The van der Waals surface area contributed by atoms with Crippen molar-refractivity contribution in [1.82, 2.24) is 4.90 Å². The highest BCUT2D eigenvalue weighted by Crippen LogP contribution is 2.45. The zero-order chi connectivity index (χ0) is 27.3. The molecule has 2 aromatic rings. The molecule has 9 heteroatoms. The topological polar surface area (TPSA) is 99.5 Å². The standard InChI is InChI=1S/C29H40N2O6Si/c1-21-25(13-12-22-10-7-11-24(18-22)31-15-17-36-29(31)34)37-26(28(21)38(2,3)35)19-27(33)30(14-16-32)20-23-8-5-4-6-9-23/h4-11,18,21,25-26,28,32,35H,12-17,19-20H2,1-3H3/t21-,25+,26-,28+/m0/s1. The molecule has 0 bridgehead atoms. The molecule has 0 saturated carbocycles. The van der Waals surface area contributed by atoms with Crippen LogP contribution in [0.1, 0.15) is 30.9 Å². The Labute approximate surface area is 226 Å². The molecule has 0 aliphatic carbocycles. The molecule has 2 aliphatic heterocycles. The van der Waals surface area contributed by atoms with Crippen molar-refractivity contribution < 1.29 is 29.0 Å². The fourth-order valence-electron chi connectivity index (χ4n) is 5.94. The van der Waals surface area contributed by atoms with E-state index in [4.69, 9.17) is 9.47 Å². The second kappa shape index (κ2) is 12.4. The van der Waals surface area contributed by atoms with E-state index in [0.29, 0.717) is 19.7 Å². The summed E-state index contributed by atoms with van der Waals surface area (Å²) in [4.78, 5) is 39.8. The highest BCUT2D eigenvalue weighted by molar-refractivity contribution is 6.71. The van der Waals surface area contributed by atoms with Crippen molar-refractivity contribution in [3.8, 4) is 0 Å². The van der Waals surface area contributed by atoms with Crippen LogP contribution in [-0.2, 0) is 27.2 Å². The third-order valence-corrected chi connectivity index (χ3v) is 10.3. The molecule has 2 N–H and O–H groups in total. The van der Waals surface area contributed by atoms with Gasteiger partial charge in [0.1, 0.15) is 6.61 Å². The first-order chi connectivity index (χ1) is 18.2. The van der Waals surface area contributed by atoms with E-state index in [-0.39, 0.29) is 55.2 Å². The summed E-state index contributed by atoms with van der Waals surface area (Å²) in [7, 11) is -2.63. The third-order valence-electron chi connectivity index (χ3n) is 7.73. The summed E-state index contributed by atoms with van der Waals surface area (Å²) < 4.78 is 11.6. The van der Waals surface area contributed by atoms with Gasteiger partial charge in [-0.15, -0.1) is 0 Å². The molecule has 2 aromatic carbocycles. The van der Waals surface area contributed by atoms with E-state index in [0.717, 1.165) is 29.7 Å². The van der Waals surface area contributed by atoms with Gasteiger partial charge in [-0.3, -0.25) is 9.69 Å². The van der Waals surface area contributed by atoms with Crippen LogP contribution in [0.25, 0.3) is 0 Å². The molecule has 2 heterocycles. The van der Waals surface area contributed by atoms with E-state index in [2.05, 4.69) is 6.92 Å². The number of carbonyl (C=O) groups excluding carboxylic acids is 2. The lowest BCUT2D eigenvalue weighted by molar-refractivity contribution is -0.135. The normalized spacial score (nSPS) is 23.5. The van der Waals surface area contributed by atoms with Gasteiger partial charge in [0.15, 0.2) is 8.32 Å². The lowest BCUT2D eigenvalue weighted by Crippen LogP contribution is -2.42. The average molecular weight is 541 g/mol. The van der Waals surface area contributed by atoms with E-state index in [1.807, 2.05) is 67.7 Å². The fourth-order valence-corrected chi connectivity index (χ4v) is 8.55.